The van der Waals surface area contributed by atoms with Crippen LogP contribution in [0.25, 0.3) is 0 Å². The van der Waals surface area contributed by atoms with Crippen LogP contribution in [0.1, 0.15) is 19.1 Å². The van der Waals surface area contributed by atoms with E-state index in [-0.39, 0.29) is 202 Å². The second-order valence-corrected chi connectivity index (χ2v) is 15.5. The fraction of sp³-hybridized carbons (Fsp3) is 0.577. The maximum atomic E-state index is 12.5. The van der Waals surface area contributed by atoms with Crippen LogP contribution in [-0.2, 0) is 55.3 Å². The van der Waals surface area contributed by atoms with E-state index in [0.29, 0.717) is 0 Å². The van der Waals surface area contributed by atoms with Crippen molar-refractivity contribution in [1.29, 1.82) is 0 Å². The summed E-state index contributed by atoms with van der Waals surface area (Å²) in [5.74, 6) is -0.610. The number of nitro groups is 2. The van der Waals surface area contributed by atoms with Crippen molar-refractivity contribution in [1.82, 2.24) is 15.0 Å². The average Bonchev–Trinajstić information content (AvgIpc) is 3.49. The molecule has 62 heavy (non-hydrogen) atoms. The number of benzene rings is 1. The summed E-state index contributed by atoms with van der Waals surface area (Å²) in [4.78, 5) is 92.7. The third kappa shape index (κ3) is 25.3. The Morgan fingerprint density at radius 2 is 1.44 bits per heavy atom. The molecule has 2 aromatic rings. The number of hydrogen-bond donors (Lipinski definition) is 4. The van der Waals surface area contributed by atoms with Crippen LogP contribution in [0.2, 0.25) is 0 Å². The molecule has 36 heteroatoms. The fourth-order valence-electron chi connectivity index (χ4n) is 4.50. The van der Waals surface area contributed by atoms with Gasteiger partial charge in [0.2, 0.25) is 5.91 Å². The third-order valence-electron chi connectivity index (χ3n) is 7.01. The number of phosphoric acid groups is 3. The van der Waals surface area contributed by atoms with E-state index in [1.54, 1.807) is 0 Å². The van der Waals surface area contributed by atoms with E-state index in [1.807, 2.05) is 0 Å². The fourth-order valence-corrected chi connectivity index (χ4v) is 7.37. The average molecular weight is 983 g/mol. The molecule has 1 amide bonds. The molecule has 0 spiro atoms. The molecule has 1 fully saturated rings. The van der Waals surface area contributed by atoms with E-state index in [0.717, 1.165) is 16.7 Å². The van der Waals surface area contributed by atoms with Gasteiger partial charge >= 0.3 is 124 Å². The Bertz CT molecular complexity index is 1920. The number of aliphatic hydroxyl groups excluding tert-OH is 1. The maximum Gasteiger partial charge on any atom is 1.00 e. The summed E-state index contributed by atoms with van der Waals surface area (Å²) in [5, 5.41) is 35.0. The molecule has 0 aliphatic carbocycles. The van der Waals surface area contributed by atoms with Crippen LogP contribution in [0.5, 0.6) is 0 Å². The van der Waals surface area contributed by atoms with Gasteiger partial charge in [0.15, 0.2) is 5.82 Å². The summed E-state index contributed by atoms with van der Waals surface area (Å²) >= 11 is 0. The number of carbonyl (C=O) groups is 1. The molecule has 3 rings (SSSR count). The minimum atomic E-state index is -6.19. The number of carbonyl (C=O) groups excluding carboxylic acids is 1. The first kappa shape index (κ1) is 64.2. The summed E-state index contributed by atoms with van der Waals surface area (Å²) in [6.45, 7) is 0.752. The van der Waals surface area contributed by atoms with Crippen molar-refractivity contribution in [3.63, 3.8) is 0 Å². The van der Waals surface area contributed by atoms with Gasteiger partial charge in [-0.25, -0.2) is 9.11 Å². The van der Waals surface area contributed by atoms with Crippen LogP contribution in [0.3, 0.4) is 0 Å². The van der Waals surface area contributed by atoms with Crippen LogP contribution in [0.4, 0.5) is 22.9 Å². The molecular weight excluding hydrogens is 947 g/mol. The number of ether oxygens (including phenoxy) is 5. The predicted molar refractivity (Wildman–Crippen MR) is 182 cm³/mol. The number of nitrogens with zero attached hydrogens (tertiary/aromatic N) is 4. The van der Waals surface area contributed by atoms with Crippen LogP contribution in [0.15, 0.2) is 35.3 Å². The van der Waals surface area contributed by atoms with Crippen molar-refractivity contribution >= 4 is 52.3 Å². The second kappa shape index (κ2) is 32.0. The van der Waals surface area contributed by atoms with Crippen molar-refractivity contribution in [2.45, 2.75) is 31.3 Å². The van der Waals surface area contributed by atoms with Crippen LogP contribution in [-0.4, -0.2) is 109 Å². The normalized spacial score (nSPS) is 17.7. The smallest absolute Gasteiger partial charge is 0.790 e. The Kier molecular flexibility index (Phi) is 33.1. The van der Waals surface area contributed by atoms with Gasteiger partial charge in [0, 0.05) is 25.2 Å². The molecule has 326 valence electrons. The summed E-state index contributed by atoms with van der Waals surface area (Å²) in [6, 6.07) is 4.53. The van der Waals surface area contributed by atoms with Crippen LogP contribution >= 0.6 is 23.5 Å². The third-order valence-corrected chi connectivity index (χ3v) is 10.7. The summed E-state index contributed by atoms with van der Waals surface area (Å²) in [6.07, 6.45) is -3.31. The monoisotopic (exact) mass is 983 g/mol. The molecule has 1 aromatic heterocycles. The van der Waals surface area contributed by atoms with E-state index in [4.69, 9.17) is 23.7 Å². The number of amides is 1. The Balaban J connectivity index is 0. The number of anilines is 2. The number of aliphatic hydroxyl groups is 1. The maximum absolute atomic E-state index is 12.5. The molecule has 0 bridgehead atoms. The number of hydrazine groups is 1. The Morgan fingerprint density at radius 3 is 1.98 bits per heavy atom. The largest absolute Gasteiger partial charge is 1.00 e. The van der Waals surface area contributed by atoms with Gasteiger partial charge in [0.25, 0.3) is 27.0 Å². The van der Waals surface area contributed by atoms with Gasteiger partial charge in [-0.1, -0.05) is 0 Å². The number of nitro benzene ring substituents is 2. The quantitative estimate of drug-likeness (QED) is 0.0202. The molecule has 0 saturated carbocycles. The molecule has 29 nitrogen and oxygen atoms in total. The second-order valence-electron chi connectivity index (χ2n) is 11.3. The van der Waals surface area contributed by atoms with Gasteiger partial charge in [-0.15, -0.1) is 0 Å². The Labute approximate surface area is 439 Å². The zero-order valence-electron chi connectivity index (χ0n) is 33.8. The van der Waals surface area contributed by atoms with Crippen molar-refractivity contribution in [3.8, 4) is 0 Å². The molecular formula is C26H36N7Na4O22P3. The summed E-state index contributed by atoms with van der Waals surface area (Å²) in [7, 11) is -18.2. The van der Waals surface area contributed by atoms with Crippen molar-refractivity contribution < 1.29 is 208 Å². The van der Waals surface area contributed by atoms with Gasteiger partial charge in [0.1, 0.15) is 18.0 Å². The van der Waals surface area contributed by atoms with E-state index < -0.39 is 81.3 Å². The first-order chi connectivity index (χ1) is 27.2. The molecule has 1 aliphatic heterocycles. The SMILES string of the molecule is O=C(CCOCCOCCOCCOCCNc1ccc([N+](=O)[O-])cc1[N+](=O)[O-])NNc1ccn(C2CC(O)C(COP(=O)([O-])OP(=O)([O-])OP(=O)([O-])[O-])O2)c(=O)n1.[Na+].[Na+].[Na+].[Na+]. The number of aromatic nitrogens is 2. The van der Waals surface area contributed by atoms with Crippen molar-refractivity contribution in [2.24, 2.45) is 0 Å². The van der Waals surface area contributed by atoms with E-state index in [2.05, 4.69) is 34.3 Å². The van der Waals surface area contributed by atoms with Crippen molar-refractivity contribution in [3.05, 3.63) is 61.2 Å². The Hall–Kier alpha value is 0.140. The number of nitrogens with one attached hydrogen (secondary N) is 3. The van der Waals surface area contributed by atoms with Gasteiger partial charge in [-0.05, 0) is 12.1 Å². The van der Waals surface area contributed by atoms with Crippen LogP contribution < -0.4 is 160 Å². The zero-order valence-corrected chi connectivity index (χ0v) is 44.4. The van der Waals surface area contributed by atoms with E-state index in [1.165, 1.54) is 18.3 Å². The molecule has 1 aromatic carbocycles. The molecule has 1 aliphatic rings. The van der Waals surface area contributed by atoms with Crippen molar-refractivity contribution in [2.75, 3.05) is 76.7 Å². The molecule has 1 saturated heterocycles. The number of rotatable bonds is 28. The number of hydrogen-bond acceptors (Lipinski definition) is 25. The first-order valence-electron chi connectivity index (χ1n) is 16.4. The molecule has 4 N–H and O–H groups in total. The predicted octanol–water partition coefficient (Wildman–Crippen LogP) is -14.4. The van der Waals surface area contributed by atoms with E-state index >= 15 is 0 Å². The van der Waals surface area contributed by atoms with Gasteiger partial charge in [-0.3, -0.25) is 53.9 Å². The number of phosphoric ester groups is 1. The molecule has 0 radical (unpaired) electrons. The van der Waals surface area contributed by atoms with Gasteiger partial charge < -0.3 is 62.8 Å². The molecule has 5 atom stereocenters. The van der Waals surface area contributed by atoms with E-state index in [9.17, 15) is 68.2 Å². The number of non-ortho nitro benzene ring substituents is 1. The first-order valence-corrected chi connectivity index (χ1v) is 20.8. The zero-order chi connectivity index (χ0) is 42.9. The minimum absolute atomic E-state index is 0. The van der Waals surface area contributed by atoms with Gasteiger partial charge in [-0.2, -0.15) is 4.98 Å². The minimum Gasteiger partial charge on any atom is -0.790 e. The molecule has 5 unspecified atom stereocenters. The van der Waals surface area contributed by atoms with Crippen LogP contribution in [0, 0.1) is 20.2 Å². The molecule has 2 heterocycles. The summed E-state index contributed by atoms with van der Waals surface area (Å²) in [5.41, 5.74) is 3.12. The van der Waals surface area contributed by atoms with Gasteiger partial charge in [0.05, 0.1) is 95.7 Å². The Morgan fingerprint density at radius 1 is 0.855 bits per heavy atom. The standard InChI is InChI=1S/C26H40N7O22P3.4Na/c34-21-16-25(53-22(21)17-52-57(44,45)55-58(46,47)54-56(41,42)43)31-6-3-23(28-26(31)36)29-30-24(35)4-7-48-9-11-50-13-14-51-12-10-49-8-5-27-19-2-1-18(32(37)38)15-20(19)33(39)40;;;;/h1-3,6,15,21-22,25,27,34H,4-5,7-14,16-17H2,(H,30,35)(H,44,45)(H,46,47)(H,28,29,36)(H2,41,42,43);;;;/q;4*+1/p-4. The summed E-state index contributed by atoms with van der Waals surface area (Å²) < 4.78 is 71.9. The topological polar surface area (TPSA) is 412 Å².